The van der Waals surface area contributed by atoms with Crippen molar-refractivity contribution in [3.05, 3.63) is 38.5 Å². The monoisotopic (exact) mass is 319 g/mol. The van der Waals surface area contributed by atoms with Crippen molar-refractivity contribution >= 4 is 38.9 Å². The SMILES string of the molecule is Nc1nc(NCc2sccc2Br)c(F)cc1F. The van der Waals surface area contributed by atoms with Gasteiger partial charge in [-0.25, -0.2) is 13.8 Å². The number of nitrogen functional groups attached to an aromatic ring is 1. The van der Waals surface area contributed by atoms with Gasteiger partial charge in [0.1, 0.15) is 0 Å². The van der Waals surface area contributed by atoms with Gasteiger partial charge in [0.25, 0.3) is 0 Å². The average molecular weight is 320 g/mol. The van der Waals surface area contributed by atoms with Crippen LogP contribution in [0.25, 0.3) is 0 Å². The first-order chi connectivity index (χ1) is 8.08. The van der Waals surface area contributed by atoms with Crippen LogP contribution in [0, 0.1) is 11.6 Å². The average Bonchev–Trinajstić information content (AvgIpc) is 2.68. The number of pyridine rings is 1. The van der Waals surface area contributed by atoms with E-state index >= 15 is 0 Å². The number of rotatable bonds is 3. The zero-order chi connectivity index (χ0) is 12.4. The number of thiophene rings is 1. The first-order valence-corrected chi connectivity index (χ1v) is 6.32. The van der Waals surface area contributed by atoms with Crippen LogP contribution < -0.4 is 11.1 Å². The number of halogens is 3. The molecular weight excluding hydrogens is 312 g/mol. The number of nitrogens with zero attached hydrogens (tertiary/aromatic N) is 1. The van der Waals surface area contributed by atoms with Crippen LogP contribution in [0.2, 0.25) is 0 Å². The fourth-order valence-electron chi connectivity index (χ4n) is 1.22. The van der Waals surface area contributed by atoms with Gasteiger partial charge in [-0.05, 0) is 27.4 Å². The van der Waals surface area contributed by atoms with E-state index in [9.17, 15) is 8.78 Å². The molecule has 0 radical (unpaired) electrons. The van der Waals surface area contributed by atoms with Gasteiger partial charge < -0.3 is 11.1 Å². The molecule has 0 spiro atoms. The molecule has 2 rings (SSSR count). The second kappa shape index (κ2) is 4.97. The van der Waals surface area contributed by atoms with Crippen LogP contribution in [0.15, 0.2) is 22.0 Å². The highest BCUT2D eigenvalue weighted by atomic mass is 79.9. The molecule has 0 aliphatic rings. The first kappa shape index (κ1) is 12.3. The molecular formula is C10H8BrF2N3S. The van der Waals surface area contributed by atoms with Crippen molar-refractivity contribution in [2.24, 2.45) is 0 Å². The maximum absolute atomic E-state index is 13.3. The Morgan fingerprint density at radius 3 is 2.82 bits per heavy atom. The molecule has 0 fully saturated rings. The summed E-state index contributed by atoms with van der Waals surface area (Å²) < 4.78 is 27.1. The van der Waals surface area contributed by atoms with Gasteiger partial charge in [-0.3, -0.25) is 0 Å². The molecule has 3 nitrogen and oxygen atoms in total. The number of hydrogen-bond donors (Lipinski definition) is 2. The van der Waals surface area contributed by atoms with Crippen LogP contribution in [0.4, 0.5) is 20.4 Å². The van der Waals surface area contributed by atoms with Crippen LogP contribution >= 0.6 is 27.3 Å². The van der Waals surface area contributed by atoms with E-state index in [1.54, 1.807) is 0 Å². The molecule has 0 aromatic carbocycles. The highest BCUT2D eigenvalue weighted by Crippen LogP contribution is 2.24. The third kappa shape index (κ3) is 2.73. The van der Waals surface area contributed by atoms with E-state index in [0.29, 0.717) is 12.6 Å². The molecule has 0 aliphatic heterocycles. The second-order valence-electron chi connectivity index (χ2n) is 3.23. The topological polar surface area (TPSA) is 50.9 Å². The minimum absolute atomic E-state index is 0.0517. The van der Waals surface area contributed by atoms with Crippen molar-refractivity contribution in [1.82, 2.24) is 4.98 Å². The minimum Gasteiger partial charge on any atom is -0.381 e. The van der Waals surface area contributed by atoms with Gasteiger partial charge in [0.05, 0.1) is 6.54 Å². The summed E-state index contributed by atoms with van der Waals surface area (Å²) in [6.45, 7) is 0.396. The molecule has 2 aromatic rings. The van der Waals surface area contributed by atoms with Gasteiger partial charge in [0.2, 0.25) is 0 Å². The summed E-state index contributed by atoms with van der Waals surface area (Å²) in [5.41, 5.74) is 5.27. The van der Waals surface area contributed by atoms with Crippen molar-refractivity contribution in [1.29, 1.82) is 0 Å². The van der Waals surface area contributed by atoms with E-state index in [-0.39, 0.29) is 11.6 Å². The summed E-state index contributed by atoms with van der Waals surface area (Å²) in [6, 6.07) is 2.61. The number of nitrogens with two attached hydrogens (primary N) is 1. The van der Waals surface area contributed by atoms with Crippen molar-refractivity contribution in [2.45, 2.75) is 6.54 Å². The maximum atomic E-state index is 13.3. The van der Waals surface area contributed by atoms with Gasteiger partial charge in [-0.1, -0.05) is 0 Å². The molecule has 0 saturated carbocycles. The smallest absolute Gasteiger partial charge is 0.168 e. The third-order valence-electron chi connectivity index (χ3n) is 2.06. The lowest BCUT2D eigenvalue weighted by atomic mass is 10.4. The Balaban J connectivity index is 2.14. The Morgan fingerprint density at radius 2 is 2.18 bits per heavy atom. The Labute approximate surface area is 109 Å². The van der Waals surface area contributed by atoms with Crippen molar-refractivity contribution in [3.8, 4) is 0 Å². The fraction of sp³-hybridized carbons (Fsp3) is 0.100. The summed E-state index contributed by atoms with van der Waals surface area (Å²) in [5.74, 6) is -1.99. The van der Waals surface area contributed by atoms with Crippen LogP contribution in [0.1, 0.15) is 4.88 Å². The lowest BCUT2D eigenvalue weighted by Gasteiger charge is -2.07. The fourth-order valence-corrected chi connectivity index (χ4v) is 2.65. The normalized spacial score (nSPS) is 10.5. The highest BCUT2D eigenvalue weighted by Gasteiger charge is 2.10. The number of nitrogens with one attached hydrogen (secondary N) is 1. The van der Waals surface area contributed by atoms with Gasteiger partial charge in [0.15, 0.2) is 23.3 Å². The van der Waals surface area contributed by atoms with Gasteiger partial charge >= 0.3 is 0 Å². The van der Waals surface area contributed by atoms with Crippen LogP contribution in [-0.2, 0) is 6.54 Å². The Kier molecular flexibility index (Phi) is 3.58. The number of hydrogen-bond acceptors (Lipinski definition) is 4. The molecule has 90 valence electrons. The van der Waals surface area contributed by atoms with Gasteiger partial charge in [-0.15, -0.1) is 11.3 Å². The van der Waals surface area contributed by atoms with E-state index < -0.39 is 11.6 Å². The largest absolute Gasteiger partial charge is 0.381 e. The van der Waals surface area contributed by atoms with Gasteiger partial charge in [-0.2, -0.15) is 0 Å². The molecule has 0 amide bonds. The van der Waals surface area contributed by atoms with Crippen LogP contribution in [0.5, 0.6) is 0 Å². The predicted molar refractivity (Wildman–Crippen MR) is 67.9 cm³/mol. The standard InChI is InChI=1S/C10H8BrF2N3S/c11-5-1-2-17-8(5)4-15-10-7(13)3-6(12)9(14)16-10/h1-3H,4H2,(H3,14,15,16). The Hall–Kier alpha value is -1.21. The Morgan fingerprint density at radius 1 is 1.41 bits per heavy atom. The molecule has 0 aliphatic carbocycles. The predicted octanol–water partition coefficient (Wildman–Crippen LogP) is 3.38. The third-order valence-corrected chi connectivity index (χ3v) is 3.99. The summed E-state index contributed by atoms with van der Waals surface area (Å²) in [7, 11) is 0. The van der Waals surface area contributed by atoms with Crippen LogP contribution in [0.3, 0.4) is 0 Å². The Bertz CT molecular complexity index is 544. The number of anilines is 2. The van der Waals surface area contributed by atoms with Crippen molar-refractivity contribution < 1.29 is 8.78 Å². The quantitative estimate of drug-likeness (QED) is 0.911. The zero-order valence-electron chi connectivity index (χ0n) is 8.51. The van der Waals surface area contributed by atoms with E-state index in [4.69, 9.17) is 5.73 Å². The lowest BCUT2D eigenvalue weighted by Crippen LogP contribution is -2.06. The molecule has 2 heterocycles. The van der Waals surface area contributed by atoms with Crippen molar-refractivity contribution in [3.63, 3.8) is 0 Å². The summed E-state index contributed by atoms with van der Waals surface area (Å²) >= 11 is 4.87. The van der Waals surface area contributed by atoms with Crippen LogP contribution in [-0.4, -0.2) is 4.98 Å². The van der Waals surface area contributed by atoms with E-state index in [2.05, 4.69) is 26.2 Å². The van der Waals surface area contributed by atoms with E-state index in [1.165, 1.54) is 11.3 Å². The molecule has 3 N–H and O–H groups in total. The van der Waals surface area contributed by atoms with E-state index in [1.807, 2.05) is 11.4 Å². The molecule has 0 saturated heterocycles. The lowest BCUT2D eigenvalue weighted by molar-refractivity contribution is 0.579. The molecule has 17 heavy (non-hydrogen) atoms. The highest BCUT2D eigenvalue weighted by molar-refractivity contribution is 9.10. The van der Waals surface area contributed by atoms with Gasteiger partial charge in [0, 0.05) is 15.4 Å². The number of aromatic nitrogens is 1. The summed E-state index contributed by atoms with van der Waals surface area (Å²) in [6.07, 6.45) is 0. The second-order valence-corrected chi connectivity index (χ2v) is 5.09. The molecule has 7 heteroatoms. The van der Waals surface area contributed by atoms with E-state index in [0.717, 1.165) is 9.35 Å². The van der Waals surface area contributed by atoms with Crippen molar-refractivity contribution in [2.75, 3.05) is 11.1 Å². The summed E-state index contributed by atoms with van der Waals surface area (Å²) in [4.78, 5) is 4.60. The summed E-state index contributed by atoms with van der Waals surface area (Å²) in [5, 5.41) is 4.68. The molecule has 0 bridgehead atoms. The molecule has 2 aromatic heterocycles. The molecule has 0 atom stereocenters. The molecule has 0 unspecified atom stereocenters. The first-order valence-electron chi connectivity index (χ1n) is 4.65. The minimum atomic E-state index is -0.856. The maximum Gasteiger partial charge on any atom is 0.168 e. The zero-order valence-corrected chi connectivity index (χ0v) is 10.9.